The molecule has 0 spiro atoms. The van der Waals surface area contributed by atoms with Crippen LogP contribution in [-0.4, -0.2) is 51.0 Å². The van der Waals surface area contributed by atoms with Gasteiger partial charge in [-0.05, 0) is 27.6 Å². The smallest absolute Gasteiger partial charge is 0.241 e. The monoisotopic (exact) mass is 389 g/mol. The third-order valence-electron chi connectivity index (χ3n) is 3.91. The Labute approximate surface area is 137 Å². The van der Waals surface area contributed by atoms with E-state index in [1.165, 1.54) is 4.31 Å². The first-order valence-corrected chi connectivity index (χ1v) is 9.13. The number of anilines is 1. The van der Waals surface area contributed by atoms with E-state index < -0.39 is 27.2 Å². The summed E-state index contributed by atoms with van der Waals surface area (Å²) in [6.07, 6.45) is 0. The Morgan fingerprint density at radius 1 is 1.36 bits per heavy atom. The molecule has 1 fully saturated rings. The number of halogens is 1. The summed E-state index contributed by atoms with van der Waals surface area (Å²) in [7, 11) is -3.72. The number of sulfonamides is 1. The van der Waals surface area contributed by atoms with E-state index in [-0.39, 0.29) is 13.1 Å². The number of ether oxygens (including phenoxy) is 1. The van der Waals surface area contributed by atoms with Gasteiger partial charge in [-0.3, -0.25) is 4.79 Å². The normalized spacial score (nSPS) is 25.5. The molecule has 0 aliphatic carbocycles. The Kier molecular flexibility index (Phi) is 4.15. The summed E-state index contributed by atoms with van der Waals surface area (Å²) in [5.41, 5.74) is 6.58. The van der Waals surface area contributed by atoms with Crippen LogP contribution in [0.2, 0.25) is 0 Å². The first-order chi connectivity index (χ1) is 10.4. The summed E-state index contributed by atoms with van der Waals surface area (Å²) in [6.45, 7) is 1.28. The number of nitrogens with two attached hydrogens (primary N) is 1. The van der Waals surface area contributed by atoms with Crippen LogP contribution in [0.25, 0.3) is 0 Å². The zero-order valence-electron chi connectivity index (χ0n) is 11.7. The van der Waals surface area contributed by atoms with E-state index in [9.17, 15) is 13.2 Å². The lowest BCUT2D eigenvalue weighted by Gasteiger charge is -2.30. The zero-order chi connectivity index (χ0) is 15.9. The lowest BCUT2D eigenvalue weighted by Crippen LogP contribution is -2.47. The average molecular weight is 390 g/mol. The third kappa shape index (κ3) is 2.51. The van der Waals surface area contributed by atoms with Crippen LogP contribution >= 0.6 is 15.9 Å². The summed E-state index contributed by atoms with van der Waals surface area (Å²) in [6, 6.07) is 4.25. The highest BCUT2D eigenvalue weighted by atomic mass is 79.9. The molecule has 0 bridgehead atoms. The number of benzene rings is 1. The van der Waals surface area contributed by atoms with E-state index in [1.54, 1.807) is 18.2 Å². The molecular formula is C13H16BrN3O4S. The van der Waals surface area contributed by atoms with Gasteiger partial charge >= 0.3 is 0 Å². The summed E-state index contributed by atoms with van der Waals surface area (Å²) in [5.74, 6) is -0.690. The Balaban J connectivity index is 2.06. The van der Waals surface area contributed by atoms with Crippen LogP contribution in [0.5, 0.6) is 0 Å². The van der Waals surface area contributed by atoms with Crippen LogP contribution in [0.1, 0.15) is 10.8 Å². The second-order valence-corrected chi connectivity index (χ2v) is 8.11. The number of hydrogen-bond acceptors (Lipinski definition) is 5. The molecule has 120 valence electrons. The van der Waals surface area contributed by atoms with Crippen LogP contribution in [-0.2, 0) is 19.6 Å². The first-order valence-electron chi connectivity index (χ1n) is 6.84. The SMILES string of the molecule is NC(=O)C1Nc2c(Br)cccc2C1S(=O)(=O)N1CCOCC1. The molecule has 7 nitrogen and oxygen atoms in total. The van der Waals surface area contributed by atoms with Crippen molar-refractivity contribution in [3.63, 3.8) is 0 Å². The van der Waals surface area contributed by atoms with Gasteiger partial charge in [-0.1, -0.05) is 12.1 Å². The molecule has 9 heteroatoms. The van der Waals surface area contributed by atoms with Crippen molar-refractivity contribution in [2.24, 2.45) is 5.73 Å². The van der Waals surface area contributed by atoms with Gasteiger partial charge in [0.05, 0.1) is 18.9 Å². The number of primary amides is 1. The lowest BCUT2D eigenvalue weighted by atomic mass is 10.1. The van der Waals surface area contributed by atoms with Crippen LogP contribution in [0.4, 0.5) is 5.69 Å². The number of amides is 1. The highest BCUT2D eigenvalue weighted by Gasteiger charge is 2.47. The highest BCUT2D eigenvalue weighted by Crippen LogP contribution is 2.44. The molecule has 2 unspecified atom stereocenters. The van der Waals surface area contributed by atoms with E-state index in [0.717, 1.165) is 0 Å². The number of hydrogen-bond donors (Lipinski definition) is 2. The van der Waals surface area contributed by atoms with Crippen LogP contribution in [0, 0.1) is 0 Å². The molecule has 1 saturated heterocycles. The van der Waals surface area contributed by atoms with E-state index in [0.29, 0.717) is 28.9 Å². The minimum absolute atomic E-state index is 0.285. The van der Waals surface area contributed by atoms with Gasteiger partial charge in [-0.2, -0.15) is 4.31 Å². The van der Waals surface area contributed by atoms with Crippen molar-refractivity contribution >= 4 is 37.5 Å². The maximum atomic E-state index is 13.0. The van der Waals surface area contributed by atoms with Crippen LogP contribution in [0.15, 0.2) is 22.7 Å². The van der Waals surface area contributed by atoms with Crippen molar-refractivity contribution in [2.45, 2.75) is 11.3 Å². The predicted octanol–water partition coefficient (Wildman–Crippen LogP) is 0.432. The van der Waals surface area contributed by atoms with Crippen molar-refractivity contribution in [3.8, 4) is 0 Å². The number of carbonyl (C=O) groups is 1. The first kappa shape index (κ1) is 15.7. The minimum Gasteiger partial charge on any atom is -0.379 e. The van der Waals surface area contributed by atoms with Crippen molar-refractivity contribution in [3.05, 3.63) is 28.2 Å². The molecule has 3 N–H and O–H groups in total. The second kappa shape index (κ2) is 5.80. The van der Waals surface area contributed by atoms with Crippen molar-refractivity contribution in [1.82, 2.24) is 4.31 Å². The maximum absolute atomic E-state index is 13.0. The number of rotatable bonds is 3. The van der Waals surface area contributed by atoms with Gasteiger partial charge in [0.1, 0.15) is 11.3 Å². The van der Waals surface area contributed by atoms with Crippen LogP contribution < -0.4 is 11.1 Å². The summed E-state index contributed by atoms with van der Waals surface area (Å²) in [4.78, 5) is 11.8. The van der Waals surface area contributed by atoms with E-state index >= 15 is 0 Å². The molecule has 1 amide bonds. The average Bonchev–Trinajstić information content (AvgIpc) is 2.90. The number of nitrogens with one attached hydrogen (secondary N) is 1. The fourth-order valence-corrected chi connectivity index (χ4v) is 5.39. The standard InChI is InChI=1S/C13H16BrN3O4S/c14-9-3-1-2-8-10(9)16-11(13(15)18)12(8)22(19,20)17-4-6-21-7-5-17/h1-3,11-12,16H,4-7H2,(H2,15,18). The van der Waals surface area contributed by atoms with Crippen molar-refractivity contribution < 1.29 is 17.9 Å². The third-order valence-corrected chi connectivity index (χ3v) is 6.83. The van der Waals surface area contributed by atoms with Crippen molar-refractivity contribution in [1.29, 1.82) is 0 Å². The lowest BCUT2D eigenvalue weighted by molar-refractivity contribution is -0.118. The molecule has 2 heterocycles. The van der Waals surface area contributed by atoms with Crippen molar-refractivity contribution in [2.75, 3.05) is 31.6 Å². The quantitative estimate of drug-likeness (QED) is 0.780. The van der Waals surface area contributed by atoms with E-state index in [2.05, 4.69) is 21.2 Å². The number of carbonyl (C=O) groups excluding carboxylic acids is 1. The number of morpholine rings is 1. The van der Waals surface area contributed by atoms with E-state index in [4.69, 9.17) is 10.5 Å². The summed E-state index contributed by atoms with van der Waals surface area (Å²) < 4.78 is 33.2. The van der Waals surface area contributed by atoms with Gasteiger partial charge in [0, 0.05) is 17.6 Å². The molecule has 0 radical (unpaired) electrons. The fourth-order valence-electron chi connectivity index (χ4n) is 2.86. The second-order valence-electron chi connectivity index (χ2n) is 5.21. The highest BCUT2D eigenvalue weighted by molar-refractivity contribution is 9.10. The largest absolute Gasteiger partial charge is 0.379 e. The number of nitrogens with zero attached hydrogens (tertiary/aromatic N) is 1. The van der Waals surface area contributed by atoms with Gasteiger partial charge in [0.15, 0.2) is 0 Å². The number of para-hydroxylation sites is 1. The fraction of sp³-hybridized carbons (Fsp3) is 0.462. The Morgan fingerprint density at radius 2 is 2.05 bits per heavy atom. The Hall–Kier alpha value is -1.16. The van der Waals surface area contributed by atoms with Gasteiger partial charge in [0.25, 0.3) is 0 Å². The molecule has 0 aromatic heterocycles. The summed E-state index contributed by atoms with van der Waals surface area (Å²) >= 11 is 3.37. The molecular weight excluding hydrogens is 374 g/mol. The van der Waals surface area contributed by atoms with Gasteiger partial charge in [-0.15, -0.1) is 0 Å². The molecule has 2 aliphatic rings. The molecule has 0 saturated carbocycles. The molecule has 22 heavy (non-hydrogen) atoms. The van der Waals surface area contributed by atoms with Gasteiger partial charge in [-0.25, -0.2) is 8.42 Å². The predicted molar refractivity (Wildman–Crippen MR) is 84.8 cm³/mol. The Morgan fingerprint density at radius 3 is 2.68 bits per heavy atom. The summed E-state index contributed by atoms with van der Waals surface area (Å²) in [5, 5.41) is 1.92. The topological polar surface area (TPSA) is 102 Å². The van der Waals surface area contributed by atoms with Gasteiger partial charge in [0.2, 0.25) is 15.9 Å². The molecule has 1 aromatic carbocycles. The molecule has 2 aliphatic heterocycles. The maximum Gasteiger partial charge on any atom is 0.241 e. The van der Waals surface area contributed by atoms with Gasteiger partial charge < -0.3 is 15.8 Å². The minimum atomic E-state index is -3.72. The molecule has 1 aromatic rings. The zero-order valence-corrected chi connectivity index (χ0v) is 14.1. The van der Waals surface area contributed by atoms with E-state index in [1.807, 2.05) is 0 Å². The number of fused-ring (bicyclic) bond motifs is 1. The molecule has 2 atom stereocenters. The molecule has 3 rings (SSSR count). The van der Waals surface area contributed by atoms with Crippen LogP contribution in [0.3, 0.4) is 0 Å². The Bertz CT molecular complexity index is 703.